The van der Waals surface area contributed by atoms with Crippen LogP contribution in [0.2, 0.25) is 0 Å². The highest BCUT2D eigenvalue weighted by molar-refractivity contribution is 7.98. The first-order valence-corrected chi connectivity index (χ1v) is 2.69. The van der Waals surface area contributed by atoms with Crippen LogP contribution in [0.5, 0.6) is 0 Å². The molecule has 4 heteroatoms. The zero-order chi connectivity index (χ0) is 14.3. The molecule has 0 aliphatic carbocycles. The van der Waals surface area contributed by atoms with Gasteiger partial charge in [0.2, 0.25) is 0 Å². The Morgan fingerprint density at radius 3 is 3.44 bits per heavy atom. The minimum Gasteiger partial charge on any atom is -0.480 e. The molecule has 3 nitrogen and oxygen atoms in total. The summed E-state index contributed by atoms with van der Waals surface area (Å²) in [6.45, 7) is 0. The molecular formula is C5H11NO2S. The summed E-state index contributed by atoms with van der Waals surface area (Å²) in [5.41, 5.74) is 1.74. The Hall–Kier alpha value is -0.220. The van der Waals surface area contributed by atoms with Crippen LogP contribution < -0.4 is 5.73 Å². The van der Waals surface area contributed by atoms with Crippen molar-refractivity contribution in [2.75, 3.05) is 11.9 Å². The average Bonchev–Trinajstić information content (AvgIpc) is 1.98. The summed E-state index contributed by atoms with van der Waals surface area (Å²) in [7, 11) is 0. The summed E-state index contributed by atoms with van der Waals surface area (Å²) in [6.07, 6.45) is -6.28. The molecule has 3 N–H and O–H groups in total. The van der Waals surface area contributed by atoms with Gasteiger partial charge in [-0.25, -0.2) is 0 Å². The molecule has 0 aliphatic heterocycles. The second kappa shape index (κ2) is 4.64. The van der Waals surface area contributed by atoms with Gasteiger partial charge in [0.25, 0.3) is 0 Å². The van der Waals surface area contributed by atoms with Gasteiger partial charge in [0.15, 0.2) is 0 Å². The Kier molecular flexibility index (Phi) is 1.10. The van der Waals surface area contributed by atoms with Crippen LogP contribution in [0.1, 0.15) is 17.3 Å². The number of hydrogen-bond donors (Lipinski definition) is 2. The normalized spacial score (nSPS) is 34.3. The third-order valence-corrected chi connectivity index (χ3v) is 0.671. The van der Waals surface area contributed by atoms with Gasteiger partial charge in [-0.15, -0.1) is 0 Å². The minimum absolute atomic E-state index is 0.395. The van der Waals surface area contributed by atoms with Crippen molar-refractivity contribution in [2.45, 2.75) is 12.4 Å². The molecule has 0 aliphatic rings. The maximum atomic E-state index is 10.6. The van der Waals surface area contributed by atoms with Crippen molar-refractivity contribution in [3.05, 3.63) is 0 Å². The topological polar surface area (TPSA) is 63.3 Å². The lowest BCUT2D eigenvalue weighted by atomic mass is 10.2. The van der Waals surface area contributed by atoms with Gasteiger partial charge in [0.1, 0.15) is 6.02 Å². The van der Waals surface area contributed by atoms with Crippen LogP contribution in [0.15, 0.2) is 0 Å². The van der Waals surface area contributed by atoms with Gasteiger partial charge < -0.3 is 10.8 Å². The molecule has 0 fully saturated rings. The van der Waals surface area contributed by atoms with E-state index in [-0.39, 0.29) is 0 Å². The predicted octanol–water partition coefficient (Wildman–Crippen LogP) is 0.151. The van der Waals surface area contributed by atoms with Crippen molar-refractivity contribution in [3.8, 4) is 0 Å². The highest BCUT2D eigenvalue weighted by Crippen LogP contribution is 1.97. The Bertz CT molecular complexity index is 314. The van der Waals surface area contributed by atoms with Gasteiger partial charge >= 0.3 is 5.97 Å². The maximum Gasteiger partial charge on any atom is 0.320 e. The zero-order valence-corrected chi connectivity index (χ0v) is 5.16. The number of nitrogens with two attached hydrogens (primary N) is 1. The number of rotatable bonds is 4. The third-order valence-electron chi connectivity index (χ3n) is 0.467. The van der Waals surface area contributed by atoms with Crippen LogP contribution in [0.3, 0.4) is 0 Å². The van der Waals surface area contributed by atoms with E-state index in [2.05, 4.69) is 0 Å². The van der Waals surface area contributed by atoms with Crippen molar-refractivity contribution in [1.82, 2.24) is 0 Å². The van der Waals surface area contributed by atoms with E-state index in [0.29, 0.717) is 0 Å². The summed E-state index contributed by atoms with van der Waals surface area (Å²) >= 11 is -0.395. The molecular weight excluding hydrogens is 138 g/mol. The molecule has 0 aromatic heterocycles. The molecule has 9 heavy (non-hydrogen) atoms. The Morgan fingerprint density at radius 2 is 3.00 bits per heavy atom. The molecule has 0 spiro atoms. The van der Waals surface area contributed by atoms with Gasteiger partial charge in [-0.1, -0.05) is 0 Å². The molecule has 0 heterocycles. The monoisotopic (exact) mass is 157 g/mol. The van der Waals surface area contributed by atoms with E-state index in [1.807, 2.05) is 0 Å². The first-order chi connectivity index (χ1) is 7.15. The fraction of sp³-hybridized carbons (Fsp3) is 0.800. The van der Waals surface area contributed by atoms with E-state index in [4.69, 9.17) is 21.8 Å². The molecule has 1 atom stereocenters. The van der Waals surface area contributed by atoms with Crippen LogP contribution in [0.4, 0.5) is 0 Å². The van der Waals surface area contributed by atoms with Crippen molar-refractivity contribution >= 4 is 17.7 Å². The molecule has 0 saturated heterocycles. The second-order valence-electron chi connectivity index (χ2n) is 1.05. The van der Waals surface area contributed by atoms with Gasteiger partial charge in [0.05, 0.1) is 1.37 Å². The van der Waals surface area contributed by atoms with Crippen LogP contribution >= 0.6 is 11.8 Å². The SMILES string of the molecule is [2H]C([2H])([2H])SC([2H])([2H])C([2H])([2H])[C@]([2H])(N)C(=O)O. The van der Waals surface area contributed by atoms with Crippen LogP contribution in [-0.4, -0.2) is 29.0 Å². The largest absolute Gasteiger partial charge is 0.480 e. The number of carbonyl (C=O) groups is 1. The highest BCUT2D eigenvalue weighted by Gasteiger charge is 2.08. The van der Waals surface area contributed by atoms with Gasteiger partial charge in [-0.3, -0.25) is 4.79 Å². The minimum atomic E-state index is -3.40. The predicted molar refractivity (Wildman–Crippen MR) is 38.6 cm³/mol. The fourth-order valence-corrected chi connectivity index (χ4v) is 0.295. The molecule has 0 radical (unpaired) electrons. The van der Waals surface area contributed by atoms with Gasteiger partial charge in [-0.2, -0.15) is 11.8 Å². The van der Waals surface area contributed by atoms with Gasteiger partial charge in [-0.05, 0) is 18.3 Å². The van der Waals surface area contributed by atoms with Crippen molar-refractivity contribution in [2.24, 2.45) is 5.73 Å². The van der Waals surface area contributed by atoms with Crippen molar-refractivity contribution < 1.29 is 20.9 Å². The molecule has 0 unspecified atom stereocenters. The van der Waals surface area contributed by atoms with Crippen LogP contribution in [0.25, 0.3) is 0 Å². The number of carboxylic acids is 1. The molecule has 0 bridgehead atoms. The molecule has 0 saturated carbocycles. The fourth-order valence-electron chi connectivity index (χ4n) is 0.134. The third kappa shape index (κ3) is 4.29. The summed E-state index contributed by atoms with van der Waals surface area (Å²) < 4.78 is 56.6. The number of aliphatic carboxylic acids is 1. The molecule has 0 aromatic rings. The van der Waals surface area contributed by atoms with Crippen LogP contribution in [-0.2, 0) is 4.79 Å². The molecule has 0 rings (SSSR count). The van der Waals surface area contributed by atoms with E-state index >= 15 is 0 Å². The Morgan fingerprint density at radius 1 is 2.33 bits per heavy atom. The molecule has 0 amide bonds. The summed E-state index contributed by atoms with van der Waals surface area (Å²) in [6, 6.07) is -3.30. The lowest BCUT2D eigenvalue weighted by molar-refractivity contribution is -0.138. The number of thioether (sulfide) groups is 1. The van der Waals surface area contributed by atoms with Crippen molar-refractivity contribution in [1.29, 1.82) is 0 Å². The van der Waals surface area contributed by atoms with Crippen molar-refractivity contribution in [3.63, 3.8) is 0 Å². The average molecular weight is 157 g/mol. The maximum absolute atomic E-state index is 10.6. The van der Waals surface area contributed by atoms with E-state index in [1.54, 1.807) is 0 Å². The smallest absolute Gasteiger partial charge is 0.320 e. The summed E-state index contributed by atoms with van der Waals surface area (Å²) in [5.74, 6) is -2.09. The van der Waals surface area contributed by atoms with E-state index in [9.17, 15) is 4.79 Å². The molecule has 54 valence electrons. The first kappa shape index (κ1) is 2.13. The lowest BCUT2D eigenvalue weighted by Gasteiger charge is -2.02. The zero-order valence-electron chi connectivity index (χ0n) is 12.3. The van der Waals surface area contributed by atoms with Crippen LogP contribution in [0, 0.1) is 0 Å². The number of carboxylic acid groups (broad SMARTS) is 1. The van der Waals surface area contributed by atoms with Gasteiger partial charge in [0, 0.05) is 9.60 Å². The standard InChI is InChI=1S/C5H11NO2S/c1-9-3-2-4(6)5(7)8/h4H,2-3,6H2,1H3,(H,7,8)/t4-/m0/s1/i1D3,2D2,3D2,4D. The quantitative estimate of drug-likeness (QED) is 0.610. The first-order valence-electron chi connectivity index (χ1n) is 5.87. The summed E-state index contributed by atoms with van der Waals surface area (Å²) in [5, 5.41) is 8.57. The summed E-state index contributed by atoms with van der Waals surface area (Å²) in [4.78, 5) is 10.6. The number of hydrogen-bond acceptors (Lipinski definition) is 3. The van der Waals surface area contributed by atoms with E-state index in [0.717, 1.165) is 0 Å². The molecule has 0 aromatic carbocycles. The Balaban J connectivity index is 5.37. The highest BCUT2D eigenvalue weighted by atomic mass is 32.2. The lowest BCUT2D eigenvalue weighted by Crippen LogP contribution is -2.30. The van der Waals surface area contributed by atoms with E-state index < -0.39 is 42.0 Å². The van der Waals surface area contributed by atoms with E-state index in [1.165, 1.54) is 0 Å². The Labute approximate surface area is 69.9 Å². The second-order valence-corrected chi connectivity index (χ2v) is 1.46.